The molecular formula is C24H20FN3O2S. The number of halogens is 1. The van der Waals surface area contributed by atoms with Crippen molar-refractivity contribution in [2.75, 3.05) is 5.75 Å². The molecule has 1 N–H and O–H groups in total. The summed E-state index contributed by atoms with van der Waals surface area (Å²) in [5, 5.41) is 0.513. The van der Waals surface area contributed by atoms with Gasteiger partial charge in [0, 0.05) is 11.4 Å². The van der Waals surface area contributed by atoms with E-state index in [1.165, 1.54) is 23.9 Å². The number of nitrogens with one attached hydrogen (secondary N) is 1. The Morgan fingerprint density at radius 3 is 2.42 bits per heavy atom. The van der Waals surface area contributed by atoms with E-state index in [2.05, 4.69) is 9.97 Å². The molecule has 5 nitrogen and oxygen atoms in total. The number of carbonyl (C=O) groups is 1. The van der Waals surface area contributed by atoms with Crippen LogP contribution in [0.2, 0.25) is 0 Å². The van der Waals surface area contributed by atoms with Gasteiger partial charge in [-0.1, -0.05) is 42.5 Å². The summed E-state index contributed by atoms with van der Waals surface area (Å²) < 4.78 is 13.1. The second kappa shape index (κ2) is 9.57. The van der Waals surface area contributed by atoms with Crippen LogP contribution in [0.1, 0.15) is 11.4 Å². The number of fused-ring (bicyclic) bond motifs is 1. The summed E-state index contributed by atoms with van der Waals surface area (Å²) in [7, 11) is 0. The molecule has 31 heavy (non-hydrogen) atoms. The Hall–Kier alpha value is -3.45. The number of nitrogens with zero attached hydrogens (tertiary/aromatic N) is 2. The summed E-state index contributed by atoms with van der Waals surface area (Å²) in [6, 6.07) is 22.8. The first-order valence-corrected chi connectivity index (χ1v) is 10.7. The number of aromatic nitrogens is 2. The fourth-order valence-electron chi connectivity index (χ4n) is 3.19. The normalized spacial score (nSPS) is 10.9. The van der Waals surface area contributed by atoms with Crippen LogP contribution in [0.5, 0.6) is 0 Å². The molecule has 156 valence electrons. The minimum atomic E-state index is -0.312. The van der Waals surface area contributed by atoms with E-state index in [0.717, 1.165) is 10.5 Å². The first kappa shape index (κ1) is 20.8. The van der Waals surface area contributed by atoms with E-state index in [-0.39, 0.29) is 29.6 Å². The van der Waals surface area contributed by atoms with Gasteiger partial charge in [0.2, 0.25) is 5.91 Å². The van der Waals surface area contributed by atoms with Crippen molar-refractivity contribution in [2.24, 2.45) is 0 Å². The summed E-state index contributed by atoms with van der Waals surface area (Å²) in [6.45, 7) is 0.567. The summed E-state index contributed by atoms with van der Waals surface area (Å²) in [4.78, 5) is 35.3. The van der Waals surface area contributed by atoms with E-state index in [0.29, 0.717) is 23.3 Å². The molecule has 0 aliphatic heterocycles. The van der Waals surface area contributed by atoms with E-state index in [9.17, 15) is 14.0 Å². The van der Waals surface area contributed by atoms with Crippen molar-refractivity contribution >= 4 is 28.6 Å². The average molecular weight is 434 g/mol. The lowest BCUT2D eigenvalue weighted by molar-refractivity contribution is -0.129. The van der Waals surface area contributed by atoms with Crippen molar-refractivity contribution in [3.63, 3.8) is 0 Å². The summed E-state index contributed by atoms with van der Waals surface area (Å²) in [5.74, 6) is 0.206. The van der Waals surface area contributed by atoms with Crippen molar-refractivity contribution in [2.45, 2.75) is 18.0 Å². The Kier molecular flexibility index (Phi) is 6.43. The van der Waals surface area contributed by atoms with Crippen molar-refractivity contribution in [3.05, 3.63) is 106 Å². The summed E-state index contributed by atoms with van der Waals surface area (Å²) in [5.41, 5.74) is 1.34. The van der Waals surface area contributed by atoms with Gasteiger partial charge in [-0.05, 0) is 42.0 Å². The second-order valence-electron chi connectivity index (χ2n) is 7.01. The van der Waals surface area contributed by atoms with E-state index in [1.54, 1.807) is 35.2 Å². The molecule has 0 saturated heterocycles. The van der Waals surface area contributed by atoms with Crippen molar-refractivity contribution in [1.82, 2.24) is 14.9 Å². The number of carbonyl (C=O) groups excluding carboxylic acids is 1. The maximum absolute atomic E-state index is 13.1. The minimum absolute atomic E-state index is 0.103. The van der Waals surface area contributed by atoms with E-state index < -0.39 is 0 Å². The summed E-state index contributed by atoms with van der Waals surface area (Å²) in [6.07, 6.45) is 0. The smallest absolute Gasteiger partial charge is 0.258 e. The van der Waals surface area contributed by atoms with Crippen LogP contribution in [-0.4, -0.2) is 26.5 Å². The number of benzene rings is 3. The molecule has 1 heterocycles. The topological polar surface area (TPSA) is 66.1 Å². The zero-order valence-corrected chi connectivity index (χ0v) is 17.4. The molecule has 0 aliphatic carbocycles. The van der Waals surface area contributed by atoms with Crippen molar-refractivity contribution in [3.8, 4) is 0 Å². The molecular weight excluding hydrogens is 413 g/mol. The third kappa shape index (κ3) is 5.38. The highest BCUT2D eigenvalue weighted by Crippen LogP contribution is 2.20. The van der Waals surface area contributed by atoms with Gasteiger partial charge in [-0.15, -0.1) is 11.8 Å². The van der Waals surface area contributed by atoms with Gasteiger partial charge >= 0.3 is 0 Å². The fraction of sp³-hybridized carbons (Fsp3) is 0.125. The minimum Gasteiger partial charge on any atom is -0.330 e. The van der Waals surface area contributed by atoms with Crippen LogP contribution in [0.25, 0.3) is 10.9 Å². The number of aromatic amines is 1. The Morgan fingerprint density at radius 2 is 1.65 bits per heavy atom. The first-order chi connectivity index (χ1) is 15.1. The third-order valence-corrected chi connectivity index (χ3v) is 5.74. The number of hydrogen-bond acceptors (Lipinski definition) is 4. The van der Waals surface area contributed by atoms with Crippen molar-refractivity contribution in [1.29, 1.82) is 0 Å². The quantitative estimate of drug-likeness (QED) is 0.439. The van der Waals surface area contributed by atoms with Gasteiger partial charge < -0.3 is 9.88 Å². The van der Waals surface area contributed by atoms with Gasteiger partial charge in [0.1, 0.15) is 11.6 Å². The fourth-order valence-corrected chi connectivity index (χ4v) is 4.00. The molecule has 0 saturated carbocycles. The lowest BCUT2D eigenvalue weighted by atomic mass is 10.2. The number of thioether (sulfide) groups is 1. The Labute approximate surface area is 182 Å². The maximum Gasteiger partial charge on any atom is 0.258 e. The lowest BCUT2D eigenvalue weighted by Crippen LogP contribution is -2.33. The SMILES string of the molecule is O=C(CSc1ccc(F)cc1)N(Cc1ccccc1)Cc1nc2ccccc2c(=O)[nH]1. The largest absolute Gasteiger partial charge is 0.330 e. The van der Waals surface area contributed by atoms with Gasteiger partial charge in [-0.2, -0.15) is 0 Å². The standard InChI is InChI=1S/C24H20FN3O2S/c25-18-10-12-19(13-11-18)31-16-23(29)28(14-17-6-2-1-3-7-17)15-22-26-21-9-5-4-8-20(21)24(30)27-22/h1-13H,14-16H2,(H,26,27,30). The number of rotatable bonds is 7. The third-order valence-electron chi connectivity index (χ3n) is 4.75. The van der Waals surface area contributed by atoms with Gasteiger partial charge in [0.25, 0.3) is 5.56 Å². The van der Waals surface area contributed by atoms with Crippen LogP contribution in [0.3, 0.4) is 0 Å². The highest BCUT2D eigenvalue weighted by Gasteiger charge is 2.17. The number of para-hydroxylation sites is 1. The molecule has 0 spiro atoms. The maximum atomic E-state index is 13.1. The lowest BCUT2D eigenvalue weighted by Gasteiger charge is -2.22. The Bertz CT molecular complexity index is 1240. The number of amides is 1. The predicted molar refractivity (Wildman–Crippen MR) is 120 cm³/mol. The molecule has 4 aromatic rings. The van der Waals surface area contributed by atoms with Gasteiger partial charge in [-0.3, -0.25) is 9.59 Å². The van der Waals surface area contributed by atoms with Crippen LogP contribution in [0.15, 0.2) is 88.6 Å². The molecule has 0 atom stereocenters. The zero-order chi connectivity index (χ0) is 21.6. The van der Waals surface area contributed by atoms with Crippen molar-refractivity contribution < 1.29 is 9.18 Å². The molecule has 4 rings (SSSR count). The average Bonchev–Trinajstić information content (AvgIpc) is 2.79. The van der Waals surface area contributed by atoms with E-state index in [1.807, 2.05) is 36.4 Å². The first-order valence-electron chi connectivity index (χ1n) is 9.76. The Balaban J connectivity index is 1.55. The van der Waals surface area contributed by atoms with Crippen LogP contribution < -0.4 is 5.56 Å². The molecule has 0 radical (unpaired) electrons. The van der Waals surface area contributed by atoms with E-state index in [4.69, 9.17) is 0 Å². The number of H-pyrrole nitrogens is 1. The predicted octanol–water partition coefficient (Wildman–Crippen LogP) is 4.38. The zero-order valence-electron chi connectivity index (χ0n) is 16.6. The van der Waals surface area contributed by atoms with Crippen LogP contribution in [0.4, 0.5) is 4.39 Å². The molecule has 3 aromatic carbocycles. The molecule has 0 bridgehead atoms. The van der Waals surface area contributed by atoms with Gasteiger partial charge in [0.15, 0.2) is 0 Å². The molecule has 0 fully saturated rings. The van der Waals surface area contributed by atoms with Gasteiger partial charge in [0.05, 0.1) is 23.2 Å². The monoisotopic (exact) mass is 433 g/mol. The highest BCUT2D eigenvalue weighted by molar-refractivity contribution is 8.00. The van der Waals surface area contributed by atoms with Crippen LogP contribution in [-0.2, 0) is 17.9 Å². The highest BCUT2D eigenvalue weighted by atomic mass is 32.2. The van der Waals surface area contributed by atoms with Crippen LogP contribution in [0, 0.1) is 5.82 Å². The second-order valence-corrected chi connectivity index (χ2v) is 8.06. The number of hydrogen-bond donors (Lipinski definition) is 1. The molecule has 0 unspecified atom stereocenters. The molecule has 1 amide bonds. The van der Waals surface area contributed by atoms with Gasteiger partial charge in [-0.25, -0.2) is 9.37 Å². The van der Waals surface area contributed by atoms with E-state index >= 15 is 0 Å². The molecule has 1 aromatic heterocycles. The molecule has 7 heteroatoms. The Morgan fingerprint density at radius 1 is 0.935 bits per heavy atom. The molecule has 0 aliphatic rings. The van der Waals surface area contributed by atoms with Crippen LogP contribution >= 0.6 is 11.8 Å². The summed E-state index contributed by atoms with van der Waals surface area (Å²) >= 11 is 1.34.